The van der Waals surface area contributed by atoms with Crippen LogP contribution < -0.4 is 5.32 Å². The number of halogens is 2. The number of rotatable bonds is 4. The Balaban J connectivity index is 1.69. The van der Waals surface area contributed by atoms with E-state index in [9.17, 15) is 4.39 Å². The van der Waals surface area contributed by atoms with E-state index in [4.69, 9.17) is 11.6 Å². The smallest absolute Gasteiger partial charge is 0.141 e. The van der Waals surface area contributed by atoms with Crippen LogP contribution in [0.25, 0.3) is 5.69 Å². The molecule has 5 heteroatoms. The van der Waals surface area contributed by atoms with E-state index in [0.29, 0.717) is 6.54 Å². The molecule has 1 aromatic heterocycles. The number of nitrogens with zero attached hydrogens (tertiary/aromatic N) is 2. The van der Waals surface area contributed by atoms with Gasteiger partial charge >= 0.3 is 0 Å². The van der Waals surface area contributed by atoms with Crippen molar-refractivity contribution in [2.45, 2.75) is 6.54 Å². The lowest BCUT2D eigenvalue weighted by Crippen LogP contribution is -1.99. The van der Waals surface area contributed by atoms with Crippen molar-refractivity contribution in [2.75, 3.05) is 5.32 Å². The average molecular weight is 302 g/mol. The first-order chi connectivity index (χ1) is 10.2. The Bertz CT molecular complexity index is 740. The van der Waals surface area contributed by atoms with E-state index in [1.54, 1.807) is 18.3 Å². The molecule has 3 aromatic rings. The Morgan fingerprint density at radius 3 is 2.71 bits per heavy atom. The third kappa shape index (κ3) is 3.23. The third-order valence-corrected chi connectivity index (χ3v) is 3.36. The van der Waals surface area contributed by atoms with Gasteiger partial charge in [0.2, 0.25) is 0 Å². The van der Waals surface area contributed by atoms with Gasteiger partial charge in [-0.1, -0.05) is 29.8 Å². The van der Waals surface area contributed by atoms with Crippen molar-refractivity contribution < 1.29 is 4.39 Å². The van der Waals surface area contributed by atoms with Crippen LogP contribution >= 0.6 is 11.6 Å². The summed E-state index contributed by atoms with van der Waals surface area (Å²) in [7, 11) is 0. The van der Waals surface area contributed by atoms with Crippen LogP contribution in [-0.2, 0) is 6.54 Å². The Morgan fingerprint density at radius 2 is 1.95 bits per heavy atom. The summed E-state index contributed by atoms with van der Waals surface area (Å²) in [4.78, 5) is 0. The molecule has 0 aliphatic rings. The molecule has 3 rings (SSSR count). The number of aromatic nitrogens is 2. The number of anilines is 1. The lowest BCUT2D eigenvalue weighted by atomic mass is 10.3. The highest BCUT2D eigenvalue weighted by Gasteiger charge is 2.03. The molecule has 106 valence electrons. The van der Waals surface area contributed by atoms with Gasteiger partial charge in [-0.15, -0.1) is 0 Å². The maximum absolute atomic E-state index is 13.1. The molecule has 3 nitrogen and oxygen atoms in total. The fourth-order valence-electron chi connectivity index (χ4n) is 1.98. The third-order valence-electron chi connectivity index (χ3n) is 3.07. The zero-order chi connectivity index (χ0) is 14.7. The fraction of sp³-hybridized carbons (Fsp3) is 0.0625. The van der Waals surface area contributed by atoms with Crippen molar-refractivity contribution in [3.63, 3.8) is 0 Å². The van der Waals surface area contributed by atoms with Crippen LogP contribution in [-0.4, -0.2) is 9.78 Å². The van der Waals surface area contributed by atoms with Crippen LogP contribution in [0.15, 0.2) is 60.9 Å². The van der Waals surface area contributed by atoms with Gasteiger partial charge in [0.1, 0.15) is 5.82 Å². The van der Waals surface area contributed by atoms with Crippen LogP contribution in [0.2, 0.25) is 5.02 Å². The first kappa shape index (κ1) is 13.6. The number of benzene rings is 2. The second kappa shape index (κ2) is 5.97. The van der Waals surface area contributed by atoms with Crippen LogP contribution in [0.3, 0.4) is 0 Å². The molecule has 0 amide bonds. The molecule has 1 heterocycles. The number of nitrogens with one attached hydrogen (secondary N) is 1. The monoisotopic (exact) mass is 301 g/mol. The van der Waals surface area contributed by atoms with E-state index >= 15 is 0 Å². The van der Waals surface area contributed by atoms with Gasteiger partial charge in [-0.05, 0) is 30.3 Å². The zero-order valence-electron chi connectivity index (χ0n) is 11.1. The fourth-order valence-corrected chi connectivity index (χ4v) is 2.16. The van der Waals surface area contributed by atoms with E-state index in [1.165, 1.54) is 6.07 Å². The maximum Gasteiger partial charge on any atom is 0.141 e. The van der Waals surface area contributed by atoms with Gasteiger partial charge in [-0.2, -0.15) is 5.10 Å². The molecule has 0 aliphatic heterocycles. The van der Waals surface area contributed by atoms with Crippen LogP contribution in [0.1, 0.15) is 5.56 Å². The Labute approximate surface area is 127 Å². The van der Waals surface area contributed by atoms with E-state index in [-0.39, 0.29) is 5.02 Å². The van der Waals surface area contributed by atoms with E-state index in [2.05, 4.69) is 10.4 Å². The predicted molar refractivity (Wildman–Crippen MR) is 82.3 cm³/mol. The lowest BCUT2D eigenvalue weighted by Gasteiger charge is -2.05. The van der Waals surface area contributed by atoms with E-state index < -0.39 is 5.82 Å². The number of para-hydroxylation sites is 1. The number of hydrogen-bond acceptors (Lipinski definition) is 2. The summed E-state index contributed by atoms with van der Waals surface area (Å²) >= 11 is 5.75. The Hall–Kier alpha value is -2.33. The van der Waals surface area contributed by atoms with Gasteiger partial charge in [-0.3, -0.25) is 0 Å². The largest absolute Gasteiger partial charge is 0.381 e. The zero-order valence-corrected chi connectivity index (χ0v) is 11.9. The minimum absolute atomic E-state index is 0.111. The Morgan fingerprint density at radius 1 is 1.14 bits per heavy atom. The summed E-state index contributed by atoms with van der Waals surface area (Å²) in [5, 5.41) is 7.62. The van der Waals surface area contributed by atoms with Crippen LogP contribution in [0.5, 0.6) is 0 Å². The van der Waals surface area contributed by atoms with Crippen LogP contribution in [0, 0.1) is 5.82 Å². The lowest BCUT2D eigenvalue weighted by molar-refractivity contribution is 0.628. The molecular weight excluding hydrogens is 289 g/mol. The summed E-state index contributed by atoms with van der Waals surface area (Å²) in [5.41, 5.74) is 2.81. The first-order valence-corrected chi connectivity index (χ1v) is 6.88. The molecule has 0 fully saturated rings. The maximum atomic E-state index is 13.1. The summed E-state index contributed by atoms with van der Waals surface area (Å²) in [6.07, 6.45) is 3.75. The van der Waals surface area contributed by atoms with Crippen molar-refractivity contribution in [3.05, 3.63) is 77.3 Å². The summed E-state index contributed by atoms with van der Waals surface area (Å²) < 4.78 is 14.9. The molecule has 0 radical (unpaired) electrons. The van der Waals surface area contributed by atoms with Gasteiger partial charge in [0.25, 0.3) is 0 Å². The minimum atomic E-state index is -0.417. The SMILES string of the molecule is Fc1ccc(NCc2cnn(-c3ccccc3)c2)cc1Cl. The molecule has 0 atom stereocenters. The van der Waals surface area contributed by atoms with Crippen LogP contribution in [0.4, 0.5) is 10.1 Å². The van der Waals surface area contributed by atoms with Gasteiger partial charge in [-0.25, -0.2) is 9.07 Å². The minimum Gasteiger partial charge on any atom is -0.381 e. The molecule has 0 bridgehead atoms. The summed E-state index contributed by atoms with van der Waals surface area (Å²) in [6.45, 7) is 0.592. The van der Waals surface area contributed by atoms with Crippen molar-refractivity contribution in [1.82, 2.24) is 9.78 Å². The molecule has 0 unspecified atom stereocenters. The normalized spacial score (nSPS) is 10.6. The van der Waals surface area contributed by atoms with Gasteiger partial charge < -0.3 is 5.32 Å². The standard InChI is InChI=1S/C16H13ClFN3/c17-15-8-13(6-7-16(15)18)19-9-12-10-20-21(11-12)14-4-2-1-3-5-14/h1-8,10-11,19H,9H2. The quantitative estimate of drug-likeness (QED) is 0.779. The molecule has 1 N–H and O–H groups in total. The van der Waals surface area contributed by atoms with E-state index in [0.717, 1.165) is 16.9 Å². The summed E-state index contributed by atoms with van der Waals surface area (Å²) in [6, 6.07) is 14.5. The molecule has 2 aromatic carbocycles. The van der Waals surface area contributed by atoms with Crippen molar-refractivity contribution in [1.29, 1.82) is 0 Å². The number of hydrogen-bond donors (Lipinski definition) is 1. The Kier molecular flexibility index (Phi) is 3.88. The molecule has 0 saturated heterocycles. The highest BCUT2D eigenvalue weighted by Crippen LogP contribution is 2.20. The second-order valence-corrected chi connectivity index (χ2v) is 5.02. The van der Waals surface area contributed by atoms with E-state index in [1.807, 2.05) is 41.2 Å². The van der Waals surface area contributed by atoms with Gasteiger partial charge in [0.05, 0.1) is 16.9 Å². The summed E-state index contributed by atoms with van der Waals surface area (Å²) in [5.74, 6) is -0.417. The first-order valence-electron chi connectivity index (χ1n) is 6.50. The molecule has 0 saturated carbocycles. The highest BCUT2D eigenvalue weighted by atomic mass is 35.5. The molecule has 0 spiro atoms. The molecule has 0 aliphatic carbocycles. The average Bonchev–Trinajstić information content (AvgIpc) is 2.98. The highest BCUT2D eigenvalue weighted by molar-refractivity contribution is 6.31. The van der Waals surface area contributed by atoms with Crippen molar-refractivity contribution >= 4 is 17.3 Å². The topological polar surface area (TPSA) is 29.9 Å². The van der Waals surface area contributed by atoms with Crippen molar-refractivity contribution in [2.24, 2.45) is 0 Å². The van der Waals surface area contributed by atoms with Gasteiger partial charge in [0, 0.05) is 24.0 Å². The van der Waals surface area contributed by atoms with Gasteiger partial charge in [0.15, 0.2) is 0 Å². The second-order valence-electron chi connectivity index (χ2n) is 4.61. The molecular formula is C16H13ClFN3. The molecule has 21 heavy (non-hydrogen) atoms. The predicted octanol–water partition coefficient (Wildman–Crippen LogP) is 4.28. The van der Waals surface area contributed by atoms with Crippen molar-refractivity contribution in [3.8, 4) is 5.69 Å².